The molecule has 4 heteroatoms. The zero-order valence-corrected chi connectivity index (χ0v) is 13.6. The molecule has 124 valence electrons. The van der Waals surface area contributed by atoms with Crippen molar-refractivity contribution in [3.05, 3.63) is 65.7 Å². The van der Waals surface area contributed by atoms with Crippen LogP contribution in [-0.4, -0.2) is 35.5 Å². The quantitative estimate of drug-likeness (QED) is 0.912. The van der Waals surface area contributed by atoms with E-state index in [1.807, 2.05) is 24.3 Å². The van der Waals surface area contributed by atoms with E-state index in [0.717, 1.165) is 25.2 Å². The topological polar surface area (TPSA) is 52.6 Å². The van der Waals surface area contributed by atoms with Gasteiger partial charge >= 0.3 is 0 Å². The lowest BCUT2D eigenvalue weighted by Gasteiger charge is -2.28. The number of carbonyl (C=O) groups is 1. The summed E-state index contributed by atoms with van der Waals surface area (Å²) in [7, 11) is 0. The average Bonchev–Trinajstić information content (AvgIpc) is 3.16. The zero-order valence-electron chi connectivity index (χ0n) is 13.6. The fourth-order valence-corrected chi connectivity index (χ4v) is 4.20. The Morgan fingerprint density at radius 2 is 1.96 bits per heavy atom. The third-order valence-corrected chi connectivity index (χ3v) is 5.29. The van der Waals surface area contributed by atoms with Crippen LogP contribution in [0.3, 0.4) is 0 Å². The van der Waals surface area contributed by atoms with E-state index in [9.17, 15) is 9.90 Å². The van der Waals surface area contributed by atoms with E-state index in [4.69, 9.17) is 0 Å². The molecule has 2 aromatic carbocycles. The molecule has 0 bridgehead atoms. The molecule has 2 saturated heterocycles. The second-order valence-corrected chi connectivity index (χ2v) is 6.83. The van der Waals surface area contributed by atoms with E-state index < -0.39 is 0 Å². The Kier molecular flexibility index (Phi) is 3.98. The first-order valence-corrected chi connectivity index (χ1v) is 8.55. The van der Waals surface area contributed by atoms with E-state index in [0.29, 0.717) is 18.3 Å². The smallest absolute Gasteiger partial charge is 0.227 e. The second kappa shape index (κ2) is 6.29. The van der Waals surface area contributed by atoms with Gasteiger partial charge in [-0.15, -0.1) is 0 Å². The molecule has 24 heavy (non-hydrogen) atoms. The van der Waals surface area contributed by atoms with E-state index >= 15 is 0 Å². The second-order valence-electron chi connectivity index (χ2n) is 6.83. The molecule has 0 saturated carbocycles. The maximum Gasteiger partial charge on any atom is 0.227 e. The van der Waals surface area contributed by atoms with E-state index in [1.165, 1.54) is 5.56 Å². The van der Waals surface area contributed by atoms with Crippen LogP contribution in [0.25, 0.3) is 0 Å². The first-order valence-electron chi connectivity index (χ1n) is 8.55. The molecule has 2 aliphatic rings. The Morgan fingerprint density at radius 1 is 1.12 bits per heavy atom. The standard InChI is InChI=1S/C20H22N2O2/c23-17-8-4-5-14(9-17)10-19(24)22-13-16-11-21-12-18(16)20(22)15-6-2-1-3-7-15/h1-9,16,18,20-21,23H,10-13H2/t16-,18-,20+/m0/s1. The molecule has 1 amide bonds. The highest BCUT2D eigenvalue weighted by Crippen LogP contribution is 2.42. The average molecular weight is 322 g/mol. The molecule has 0 unspecified atom stereocenters. The van der Waals surface area contributed by atoms with Crippen molar-refractivity contribution >= 4 is 5.91 Å². The van der Waals surface area contributed by atoms with Crippen molar-refractivity contribution in [3.63, 3.8) is 0 Å². The normalized spacial score (nSPS) is 25.7. The summed E-state index contributed by atoms with van der Waals surface area (Å²) in [6.07, 6.45) is 0.338. The minimum atomic E-state index is 0.142. The number of rotatable bonds is 3. The number of fused-ring (bicyclic) bond motifs is 1. The van der Waals surface area contributed by atoms with Gasteiger partial charge in [-0.25, -0.2) is 0 Å². The molecule has 0 aromatic heterocycles. The van der Waals surface area contributed by atoms with Crippen LogP contribution in [0.1, 0.15) is 17.2 Å². The molecule has 2 N–H and O–H groups in total. The van der Waals surface area contributed by atoms with Gasteiger partial charge < -0.3 is 15.3 Å². The Bertz CT molecular complexity index is 731. The number of hydrogen-bond donors (Lipinski definition) is 2. The van der Waals surface area contributed by atoms with Crippen molar-refractivity contribution in [1.82, 2.24) is 10.2 Å². The van der Waals surface area contributed by atoms with Gasteiger partial charge in [-0.3, -0.25) is 4.79 Å². The predicted octanol–water partition coefficient (Wildman–Crippen LogP) is 2.35. The van der Waals surface area contributed by atoms with Crippen LogP contribution in [-0.2, 0) is 11.2 Å². The summed E-state index contributed by atoms with van der Waals surface area (Å²) in [5, 5.41) is 13.1. The number of phenols is 1. The molecule has 2 aromatic rings. The van der Waals surface area contributed by atoms with Gasteiger partial charge in [-0.05, 0) is 29.2 Å². The summed E-state index contributed by atoms with van der Waals surface area (Å²) in [4.78, 5) is 15.0. The Morgan fingerprint density at radius 3 is 2.75 bits per heavy atom. The van der Waals surface area contributed by atoms with E-state index in [2.05, 4.69) is 22.3 Å². The predicted molar refractivity (Wildman–Crippen MR) is 92.6 cm³/mol. The van der Waals surface area contributed by atoms with Gasteiger partial charge in [0.15, 0.2) is 0 Å². The molecule has 3 atom stereocenters. The molecule has 0 spiro atoms. The van der Waals surface area contributed by atoms with Crippen molar-refractivity contribution in [2.45, 2.75) is 12.5 Å². The molecule has 2 heterocycles. The van der Waals surface area contributed by atoms with Crippen LogP contribution in [0.15, 0.2) is 54.6 Å². The maximum atomic E-state index is 13.0. The van der Waals surface area contributed by atoms with Crippen molar-refractivity contribution in [2.24, 2.45) is 11.8 Å². The third kappa shape index (κ3) is 2.78. The number of amides is 1. The highest BCUT2D eigenvalue weighted by molar-refractivity contribution is 5.80. The van der Waals surface area contributed by atoms with Gasteiger partial charge in [0.2, 0.25) is 5.91 Å². The first kappa shape index (κ1) is 15.2. The summed E-state index contributed by atoms with van der Waals surface area (Å²) in [5.74, 6) is 1.37. The molecule has 4 rings (SSSR count). The molecule has 2 fully saturated rings. The summed E-state index contributed by atoms with van der Waals surface area (Å²) < 4.78 is 0. The summed E-state index contributed by atoms with van der Waals surface area (Å²) in [5.41, 5.74) is 2.08. The first-order chi connectivity index (χ1) is 11.7. The highest BCUT2D eigenvalue weighted by Gasteiger charge is 2.46. The van der Waals surface area contributed by atoms with Crippen LogP contribution >= 0.6 is 0 Å². The summed E-state index contributed by atoms with van der Waals surface area (Å²) in [6, 6.07) is 17.5. The van der Waals surface area contributed by atoms with Gasteiger partial charge in [-0.1, -0.05) is 42.5 Å². The van der Waals surface area contributed by atoms with E-state index in [1.54, 1.807) is 18.2 Å². The van der Waals surface area contributed by atoms with Gasteiger partial charge in [0.05, 0.1) is 12.5 Å². The Hall–Kier alpha value is -2.33. The van der Waals surface area contributed by atoms with E-state index in [-0.39, 0.29) is 17.7 Å². The maximum absolute atomic E-state index is 13.0. The Labute approximate surface area is 142 Å². The van der Waals surface area contributed by atoms with Crippen molar-refractivity contribution in [1.29, 1.82) is 0 Å². The fourth-order valence-electron chi connectivity index (χ4n) is 4.20. The number of nitrogens with zero attached hydrogens (tertiary/aromatic N) is 1. The molecular formula is C20H22N2O2. The van der Waals surface area contributed by atoms with Crippen molar-refractivity contribution in [2.75, 3.05) is 19.6 Å². The number of likely N-dealkylation sites (tertiary alicyclic amines) is 1. The van der Waals surface area contributed by atoms with Crippen LogP contribution in [0.2, 0.25) is 0 Å². The fraction of sp³-hybridized carbons (Fsp3) is 0.350. The molecule has 0 aliphatic carbocycles. The van der Waals surface area contributed by atoms with Gasteiger partial charge in [0.25, 0.3) is 0 Å². The number of aromatic hydroxyl groups is 1. The third-order valence-electron chi connectivity index (χ3n) is 5.29. The SMILES string of the molecule is O=C(Cc1cccc(O)c1)N1C[C@@H]2CNC[C@@H]2[C@H]1c1ccccc1. The van der Waals surface area contributed by atoms with Crippen LogP contribution in [0, 0.1) is 11.8 Å². The minimum absolute atomic E-state index is 0.142. The number of phenolic OH excluding ortho intramolecular Hbond substituents is 1. The number of hydrogen-bond acceptors (Lipinski definition) is 3. The largest absolute Gasteiger partial charge is 0.508 e. The van der Waals surface area contributed by atoms with Crippen LogP contribution in [0.5, 0.6) is 5.75 Å². The molecular weight excluding hydrogens is 300 g/mol. The Balaban J connectivity index is 1.59. The molecule has 4 nitrogen and oxygen atoms in total. The zero-order chi connectivity index (χ0) is 16.5. The van der Waals surface area contributed by atoms with Gasteiger partial charge in [0.1, 0.15) is 5.75 Å². The molecule has 0 radical (unpaired) electrons. The minimum Gasteiger partial charge on any atom is -0.508 e. The lowest BCUT2D eigenvalue weighted by atomic mass is 9.89. The van der Waals surface area contributed by atoms with Gasteiger partial charge in [0, 0.05) is 25.6 Å². The number of nitrogens with one attached hydrogen (secondary N) is 1. The van der Waals surface area contributed by atoms with Crippen LogP contribution in [0.4, 0.5) is 0 Å². The van der Waals surface area contributed by atoms with Crippen molar-refractivity contribution < 1.29 is 9.90 Å². The lowest BCUT2D eigenvalue weighted by Crippen LogP contribution is -2.35. The monoisotopic (exact) mass is 322 g/mol. The summed E-state index contributed by atoms with van der Waals surface area (Å²) in [6.45, 7) is 2.78. The van der Waals surface area contributed by atoms with Crippen molar-refractivity contribution in [3.8, 4) is 5.75 Å². The summed E-state index contributed by atoms with van der Waals surface area (Å²) >= 11 is 0. The van der Waals surface area contributed by atoms with Gasteiger partial charge in [-0.2, -0.15) is 0 Å². The van der Waals surface area contributed by atoms with Crippen LogP contribution < -0.4 is 5.32 Å². The lowest BCUT2D eigenvalue weighted by molar-refractivity contribution is -0.131. The highest BCUT2D eigenvalue weighted by atomic mass is 16.3. The molecule has 2 aliphatic heterocycles. The number of carbonyl (C=O) groups excluding carboxylic acids is 1. The number of benzene rings is 2.